The fraction of sp³-hybridized carbons (Fsp3) is 0.600. The van der Waals surface area contributed by atoms with Gasteiger partial charge >= 0.3 is 0 Å². The molecule has 0 aliphatic heterocycles. The molecule has 1 heterocycles. The smallest absolute Gasteiger partial charge is 0.244 e. The van der Waals surface area contributed by atoms with Crippen LogP contribution in [0.4, 0.5) is 0 Å². The summed E-state index contributed by atoms with van der Waals surface area (Å²) in [4.78, 5) is 36.9. The Hall–Kier alpha value is -2.42. The van der Waals surface area contributed by atoms with E-state index in [0.717, 1.165) is 0 Å². The predicted molar refractivity (Wildman–Crippen MR) is 86.5 cm³/mol. The van der Waals surface area contributed by atoms with Crippen LogP contribution in [0.3, 0.4) is 0 Å². The summed E-state index contributed by atoms with van der Waals surface area (Å²) in [6.07, 6.45) is 3.74. The Morgan fingerprint density at radius 1 is 1.33 bits per heavy atom. The minimum atomic E-state index is -0.606. The van der Waals surface area contributed by atoms with E-state index in [1.807, 2.05) is 13.8 Å². The van der Waals surface area contributed by atoms with Crippen molar-refractivity contribution in [3.05, 3.63) is 18.5 Å². The first-order chi connectivity index (χ1) is 11.3. The summed E-state index contributed by atoms with van der Waals surface area (Å²) < 4.78 is 0. The van der Waals surface area contributed by atoms with Gasteiger partial charge in [-0.25, -0.2) is 10.5 Å². The van der Waals surface area contributed by atoms with Crippen molar-refractivity contribution in [2.75, 3.05) is 18.6 Å². The van der Waals surface area contributed by atoms with E-state index in [4.69, 9.17) is 5.21 Å². The quantitative estimate of drug-likeness (QED) is 0.434. The minimum absolute atomic E-state index is 0.0956. The maximum Gasteiger partial charge on any atom is 0.244 e. The van der Waals surface area contributed by atoms with Gasteiger partial charge in [0.2, 0.25) is 17.7 Å². The van der Waals surface area contributed by atoms with Crippen LogP contribution in [0.15, 0.2) is 18.5 Å². The van der Waals surface area contributed by atoms with Gasteiger partial charge in [0.25, 0.3) is 0 Å². The molecule has 0 saturated carbocycles. The lowest BCUT2D eigenvalue weighted by Gasteiger charge is -2.19. The second-order valence-corrected chi connectivity index (χ2v) is 5.95. The van der Waals surface area contributed by atoms with Gasteiger partial charge in [0, 0.05) is 38.5 Å². The molecule has 1 atom stereocenters. The molecule has 9 nitrogen and oxygen atoms in total. The van der Waals surface area contributed by atoms with Crippen molar-refractivity contribution in [2.45, 2.75) is 33.1 Å². The number of hydrogen-bond acceptors (Lipinski definition) is 5. The molecule has 0 saturated heterocycles. The molecule has 0 fully saturated rings. The molecular weight excluding hydrogens is 314 g/mol. The van der Waals surface area contributed by atoms with Crippen LogP contribution in [-0.4, -0.2) is 46.4 Å². The topological polar surface area (TPSA) is 117 Å². The zero-order valence-corrected chi connectivity index (χ0v) is 14.2. The van der Waals surface area contributed by atoms with Crippen LogP contribution in [0.2, 0.25) is 0 Å². The van der Waals surface area contributed by atoms with Crippen molar-refractivity contribution in [1.82, 2.24) is 20.7 Å². The molecule has 0 aliphatic carbocycles. The lowest BCUT2D eigenvalue weighted by molar-refractivity contribution is -0.135. The predicted octanol–water partition coefficient (Wildman–Crippen LogP) is 0.0416. The number of hydrogen-bond donors (Lipinski definition) is 3. The minimum Gasteiger partial charge on any atom is -0.355 e. The van der Waals surface area contributed by atoms with Gasteiger partial charge in [-0.05, 0) is 18.4 Å². The molecule has 1 aromatic rings. The van der Waals surface area contributed by atoms with E-state index in [1.165, 1.54) is 15.3 Å². The van der Waals surface area contributed by atoms with Gasteiger partial charge in [-0.15, -0.1) is 0 Å². The van der Waals surface area contributed by atoms with Gasteiger partial charge in [0.15, 0.2) is 0 Å². The molecule has 1 aromatic heterocycles. The Bertz CT molecular complexity index is 544. The van der Waals surface area contributed by atoms with Crippen molar-refractivity contribution in [3.8, 4) is 0 Å². The maximum atomic E-state index is 12.2. The van der Waals surface area contributed by atoms with Gasteiger partial charge in [-0.1, -0.05) is 13.8 Å². The Balaban J connectivity index is 2.46. The Labute approximate surface area is 140 Å². The fourth-order valence-corrected chi connectivity index (χ4v) is 2.27. The largest absolute Gasteiger partial charge is 0.355 e. The van der Waals surface area contributed by atoms with Crippen molar-refractivity contribution in [3.63, 3.8) is 0 Å². The highest BCUT2D eigenvalue weighted by Gasteiger charge is 2.23. The van der Waals surface area contributed by atoms with E-state index < -0.39 is 11.8 Å². The molecule has 0 radical (unpaired) electrons. The molecule has 1 rings (SSSR count). The lowest BCUT2D eigenvalue weighted by Crippen LogP contribution is -2.40. The van der Waals surface area contributed by atoms with E-state index in [2.05, 4.69) is 10.4 Å². The molecule has 0 unspecified atom stereocenters. The average molecular weight is 339 g/mol. The van der Waals surface area contributed by atoms with Crippen LogP contribution in [0.1, 0.15) is 33.1 Å². The normalized spacial score (nSPS) is 11.9. The maximum absolute atomic E-state index is 12.2. The number of hydroxylamine groups is 1. The van der Waals surface area contributed by atoms with Crippen LogP contribution >= 0.6 is 0 Å². The number of amides is 3. The van der Waals surface area contributed by atoms with E-state index in [0.29, 0.717) is 6.42 Å². The van der Waals surface area contributed by atoms with Gasteiger partial charge in [0.1, 0.15) is 0 Å². The second kappa shape index (κ2) is 9.66. The Morgan fingerprint density at radius 3 is 2.58 bits per heavy atom. The highest BCUT2D eigenvalue weighted by molar-refractivity contribution is 5.87. The summed E-state index contributed by atoms with van der Waals surface area (Å²) in [5, 5.41) is 16.6. The summed E-state index contributed by atoms with van der Waals surface area (Å²) in [6, 6.07) is 1.70. The van der Waals surface area contributed by atoms with E-state index in [1.54, 1.807) is 25.5 Å². The first-order valence-corrected chi connectivity index (χ1v) is 7.82. The van der Waals surface area contributed by atoms with Crippen LogP contribution in [-0.2, 0) is 14.4 Å². The summed E-state index contributed by atoms with van der Waals surface area (Å²) in [7, 11) is 1.59. The molecule has 9 heteroatoms. The molecule has 134 valence electrons. The van der Waals surface area contributed by atoms with Crippen molar-refractivity contribution in [1.29, 1.82) is 0 Å². The molecule has 3 N–H and O–H groups in total. The zero-order valence-electron chi connectivity index (χ0n) is 14.2. The summed E-state index contributed by atoms with van der Waals surface area (Å²) in [5.74, 6) is -1.43. The standard InChI is InChI=1S/C15H25N5O4/c1-11(2)9-12(10-13(21)18-24)15(23)16-7-5-14(22)19(3)20-8-4-6-17-20/h4,6,8,11-12,24H,5,7,9-10H2,1-3H3,(H,16,23)(H,18,21)/t12-/m1/s1. The first-order valence-electron chi connectivity index (χ1n) is 7.82. The zero-order chi connectivity index (χ0) is 18.1. The SMILES string of the molecule is CC(C)C[C@H](CC(=O)NO)C(=O)NCCC(=O)N(C)n1cccn1. The third-order valence-corrected chi connectivity index (χ3v) is 3.48. The van der Waals surface area contributed by atoms with E-state index in [-0.39, 0.29) is 37.1 Å². The third kappa shape index (κ3) is 6.37. The van der Waals surface area contributed by atoms with Crippen LogP contribution < -0.4 is 15.8 Å². The summed E-state index contributed by atoms with van der Waals surface area (Å²) >= 11 is 0. The average Bonchev–Trinajstić information content (AvgIpc) is 3.06. The van der Waals surface area contributed by atoms with Crippen molar-refractivity contribution >= 4 is 17.7 Å². The van der Waals surface area contributed by atoms with Gasteiger partial charge in [-0.2, -0.15) is 9.89 Å². The fourth-order valence-electron chi connectivity index (χ4n) is 2.27. The monoisotopic (exact) mass is 339 g/mol. The van der Waals surface area contributed by atoms with E-state index >= 15 is 0 Å². The Morgan fingerprint density at radius 2 is 2.04 bits per heavy atom. The second-order valence-electron chi connectivity index (χ2n) is 5.95. The highest BCUT2D eigenvalue weighted by atomic mass is 16.5. The van der Waals surface area contributed by atoms with Crippen LogP contribution in [0, 0.1) is 11.8 Å². The molecule has 3 amide bonds. The van der Waals surface area contributed by atoms with Gasteiger partial charge in [0.05, 0.1) is 6.20 Å². The molecule has 0 aromatic carbocycles. The van der Waals surface area contributed by atoms with Gasteiger partial charge in [-0.3, -0.25) is 19.6 Å². The number of carbonyl (C=O) groups is 3. The highest BCUT2D eigenvalue weighted by Crippen LogP contribution is 2.15. The molecule has 0 spiro atoms. The number of rotatable bonds is 9. The number of aromatic nitrogens is 2. The number of nitrogens with zero attached hydrogens (tertiary/aromatic N) is 3. The third-order valence-electron chi connectivity index (χ3n) is 3.48. The molecule has 0 aliphatic rings. The lowest BCUT2D eigenvalue weighted by atomic mass is 9.93. The van der Waals surface area contributed by atoms with Crippen molar-refractivity contribution < 1.29 is 19.6 Å². The summed E-state index contributed by atoms with van der Waals surface area (Å²) in [5.41, 5.74) is 1.54. The van der Waals surface area contributed by atoms with Crippen molar-refractivity contribution in [2.24, 2.45) is 11.8 Å². The molecule has 24 heavy (non-hydrogen) atoms. The number of carbonyl (C=O) groups excluding carboxylic acids is 3. The van der Waals surface area contributed by atoms with Gasteiger partial charge < -0.3 is 5.32 Å². The summed E-state index contributed by atoms with van der Waals surface area (Å²) in [6.45, 7) is 4.05. The number of nitrogens with one attached hydrogen (secondary N) is 2. The first kappa shape index (κ1) is 19.6. The van der Waals surface area contributed by atoms with Crippen LogP contribution in [0.25, 0.3) is 0 Å². The molecule has 0 bridgehead atoms. The van der Waals surface area contributed by atoms with Crippen LogP contribution in [0.5, 0.6) is 0 Å². The van der Waals surface area contributed by atoms with E-state index in [9.17, 15) is 14.4 Å². The molecular formula is C15H25N5O4. The Kier molecular flexibility index (Phi) is 7.90.